The molecule has 2 aromatic rings. The summed E-state index contributed by atoms with van der Waals surface area (Å²) in [4.78, 5) is 23.8. The van der Waals surface area contributed by atoms with E-state index in [-0.39, 0.29) is 23.1 Å². The Labute approximate surface area is 160 Å². The van der Waals surface area contributed by atoms with Gasteiger partial charge in [-0.2, -0.15) is 0 Å². The van der Waals surface area contributed by atoms with Crippen molar-refractivity contribution < 1.29 is 23.5 Å². The quantitative estimate of drug-likeness (QED) is 0.469. The van der Waals surface area contributed by atoms with Crippen molar-refractivity contribution >= 4 is 35.2 Å². The van der Waals surface area contributed by atoms with E-state index in [0.29, 0.717) is 22.6 Å². The summed E-state index contributed by atoms with van der Waals surface area (Å²) in [5.41, 5.74) is 0.890. The molecule has 0 bridgehead atoms. The van der Waals surface area contributed by atoms with Gasteiger partial charge in [-0.1, -0.05) is 24.3 Å². The zero-order valence-electron chi connectivity index (χ0n) is 14.2. The van der Waals surface area contributed by atoms with Crippen LogP contribution in [0.1, 0.15) is 11.1 Å². The average Bonchev–Trinajstić information content (AvgIpc) is 2.64. The molecule has 27 heavy (non-hydrogen) atoms. The standard InChI is InChI=1S/C19H15FN2O4S/c1-25-16-9-11(8-13-17(23)21-19(27)22-18(13)24)6-7-15(16)26-10-12-4-2-3-5-14(12)20/h2-9H,10H2,1H3,(H2,21,22,23,24,27). The molecule has 2 aromatic carbocycles. The Kier molecular flexibility index (Phi) is 5.46. The van der Waals surface area contributed by atoms with E-state index in [1.54, 1.807) is 36.4 Å². The highest BCUT2D eigenvalue weighted by Crippen LogP contribution is 2.30. The number of hydrogen-bond donors (Lipinski definition) is 2. The van der Waals surface area contributed by atoms with Crippen LogP contribution >= 0.6 is 12.2 Å². The molecule has 2 N–H and O–H groups in total. The van der Waals surface area contributed by atoms with E-state index >= 15 is 0 Å². The molecule has 0 atom stereocenters. The predicted molar refractivity (Wildman–Crippen MR) is 101 cm³/mol. The Balaban J connectivity index is 1.81. The molecule has 0 radical (unpaired) electrons. The molecule has 8 heteroatoms. The van der Waals surface area contributed by atoms with E-state index in [2.05, 4.69) is 10.6 Å². The molecule has 1 fully saturated rings. The lowest BCUT2D eigenvalue weighted by molar-refractivity contribution is -0.123. The van der Waals surface area contributed by atoms with Gasteiger partial charge in [0.15, 0.2) is 16.6 Å². The average molecular weight is 386 g/mol. The van der Waals surface area contributed by atoms with Crippen LogP contribution in [0.4, 0.5) is 4.39 Å². The highest BCUT2D eigenvalue weighted by Gasteiger charge is 2.25. The Morgan fingerprint density at radius 1 is 1.07 bits per heavy atom. The zero-order valence-corrected chi connectivity index (χ0v) is 15.1. The molecule has 1 heterocycles. The SMILES string of the molecule is COc1cc(C=C2C(=O)NC(=S)NC2=O)ccc1OCc1ccccc1F. The number of nitrogens with one attached hydrogen (secondary N) is 2. The summed E-state index contributed by atoms with van der Waals surface area (Å²) in [6.07, 6.45) is 1.41. The number of thiocarbonyl (C=S) groups is 1. The van der Waals surface area contributed by atoms with Crippen molar-refractivity contribution in [2.75, 3.05) is 7.11 Å². The topological polar surface area (TPSA) is 76.7 Å². The van der Waals surface area contributed by atoms with Crippen molar-refractivity contribution in [3.8, 4) is 11.5 Å². The van der Waals surface area contributed by atoms with E-state index in [1.807, 2.05) is 0 Å². The molecular formula is C19H15FN2O4S. The Morgan fingerprint density at radius 2 is 1.78 bits per heavy atom. The van der Waals surface area contributed by atoms with Crippen LogP contribution in [0.2, 0.25) is 0 Å². The number of ether oxygens (including phenoxy) is 2. The first-order valence-electron chi connectivity index (χ1n) is 7.90. The van der Waals surface area contributed by atoms with E-state index in [4.69, 9.17) is 21.7 Å². The maximum absolute atomic E-state index is 13.7. The largest absolute Gasteiger partial charge is 0.493 e. The van der Waals surface area contributed by atoms with Gasteiger partial charge in [0.1, 0.15) is 18.0 Å². The van der Waals surface area contributed by atoms with Gasteiger partial charge in [-0.05, 0) is 42.1 Å². The van der Waals surface area contributed by atoms with Crippen molar-refractivity contribution in [3.63, 3.8) is 0 Å². The second-order valence-corrected chi connectivity index (χ2v) is 5.99. The van der Waals surface area contributed by atoms with Crippen LogP contribution in [0.25, 0.3) is 6.08 Å². The Bertz CT molecular complexity index is 936. The summed E-state index contributed by atoms with van der Waals surface area (Å²) in [5.74, 6) is -0.732. The molecule has 0 aliphatic carbocycles. The third kappa shape index (κ3) is 4.29. The van der Waals surface area contributed by atoms with Crippen LogP contribution in [0.15, 0.2) is 48.0 Å². The van der Waals surface area contributed by atoms with Gasteiger partial charge in [-0.15, -0.1) is 0 Å². The van der Waals surface area contributed by atoms with Gasteiger partial charge in [-0.25, -0.2) is 4.39 Å². The summed E-state index contributed by atoms with van der Waals surface area (Å²) in [6.45, 7) is 0.0335. The number of benzene rings is 2. The van der Waals surface area contributed by atoms with Gasteiger partial charge in [0.2, 0.25) is 0 Å². The van der Waals surface area contributed by atoms with E-state index < -0.39 is 11.8 Å². The van der Waals surface area contributed by atoms with E-state index in [9.17, 15) is 14.0 Å². The monoisotopic (exact) mass is 386 g/mol. The van der Waals surface area contributed by atoms with Crippen LogP contribution in [0.3, 0.4) is 0 Å². The van der Waals surface area contributed by atoms with Gasteiger partial charge in [0.25, 0.3) is 11.8 Å². The van der Waals surface area contributed by atoms with Crippen LogP contribution in [-0.2, 0) is 16.2 Å². The van der Waals surface area contributed by atoms with Gasteiger partial charge in [-0.3, -0.25) is 20.2 Å². The van der Waals surface area contributed by atoms with Crippen molar-refractivity contribution in [2.45, 2.75) is 6.61 Å². The molecule has 0 aromatic heterocycles. The lowest BCUT2D eigenvalue weighted by Crippen LogP contribution is -2.51. The number of carbonyl (C=O) groups excluding carboxylic acids is 2. The third-order valence-electron chi connectivity index (χ3n) is 3.78. The molecular weight excluding hydrogens is 371 g/mol. The summed E-state index contributed by atoms with van der Waals surface area (Å²) >= 11 is 4.76. The third-order valence-corrected chi connectivity index (χ3v) is 3.99. The van der Waals surface area contributed by atoms with E-state index in [0.717, 1.165) is 0 Å². The first-order chi connectivity index (χ1) is 13.0. The molecule has 0 spiro atoms. The number of amides is 2. The molecule has 6 nitrogen and oxygen atoms in total. The lowest BCUT2D eigenvalue weighted by atomic mass is 10.1. The lowest BCUT2D eigenvalue weighted by Gasteiger charge is -2.16. The number of carbonyl (C=O) groups is 2. The van der Waals surface area contributed by atoms with Crippen molar-refractivity contribution in [3.05, 3.63) is 65.0 Å². The van der Waals surface area contributed by atoms with Crippen molar-refractivity contribution in [1.82, 2.24) is 10.6 Å². The van der Waals surface area contributed by atoms with Gasteiger partial charge in [0.05, 0.1) is 7.11 Å². The normalized spacial score (nSPS) is 13.7. The number of halogens is 1. The maximum atomic E-state index is 13.7. The number of methoxy groups -OCH3 is 1. The molecule has 138 valence electrons. The maximum Gasteiger partial charge on any atom is 0.263 e. The highest BCUT2D eigenvalue weighted by molar-refractivity contribution is 7.80. The second kappa shape index (κ2) is 7.96. The summed E-state index contributed by atoms with van der Waals surface area (Å²) in [6, 6.07) is 11.2. The van der Waals surface area contributed by atoms with Gasteiger partial charge >= 0.3 is 0 Å². The smallest absolute Gasteiger partial charge is 0.263 e. The number of rotatable bonds is 5. The number of hydrogen-bond acceptors (Lipinski definition) is 5. The minimum atomic E-state index is -0.581. The van der Waals surface area contributed by atoms with Gasteiger partial charge < -0.3 is 9.47 Å². The Morgan fingerprint density at radius 3 is 2.44 bits per heavy atom. The molecule has 0 saturated carbocycles. The van der Waals surface area contributed by atoms with Crippen LogP contribution in [-0.4, -0.2) is 24.0 Å². The zero-order chi connectivity index (χ0) is 19.4. The molecule has 0 unspecified atom stereocenters. The fourth-order valence-electron chi connectivity index (χ4n) is 2.44. The molecule has 1 saturated heterocycles. The van der Waals surface area contributed by atoms with Crippen LogP contribution < -0.4 is 20.1 Å². The summed E-state index contributed by atoms with van der Waals surface area (Å²) < 4.78 is 24.6. The summed E-state index contributed by atoms with van der Waals surface area (Å²) in [5, 5.41) is 4.70. The minimum absolute atomic E-state index is 0.0309. The van der Waals surface area contributed by atoms with Crippen LogP contribution in [0.5, 0.6) is 11.5 Å². The first-order valence-corrected chi connectivity index (χ1v) is 8.31. The highest BCUT2D eigenvalue weighted by atomic mass is 32.1. The van der Waals surface area contributed by atoms with E-state index in [1.165, 1.54) is 19.3 Å². The molecule has 1 aliphatic rings. The Hall–Kier alpha value is -3.26. The minimum Gasteiger partial charge on any atom is -0.493 e. The van der Waals surface area contributed by atoms with Crippen molar-refractivity contribution in [1.29, 1.82) is 0 Å². The van der Waals surface area contributed by atoms with Crippen molar-refractivity contribution in [2.24, 2.45) is 0 Å². The van der Waals surface area contributed by atoms with Crippen LogP contribution in [0, 0.1) is 5.82 Å². The molecule has 1 aliphatic heterocycles. The summed E-state index contributed by atoms with van der Waals surface area (Å²) in [7, 11) is 1.46. The first kappa shape index (κ1) is 18.5. The molecule has 3 rings (SSSR count). The fourth-order valence-corrected chi connectivity index (χ4v) is 2.62. The second-order valence-electron chi connectivity index (χ2n) is 5.59. The predicted octanol–water partition coefficient (Wildman–Crippen LogP) is 2.33. The van der Waals surface area contributed by atoms with Gasteiger partial charge in [0, 0.05) is 5.56 Å². The molecule has 2 amide bonds. The fraction of sp³-hybridized carbons (Fsp3) is 0.105.